The molecule has 0 radical (unpaired) electrons. The highest BCUT2D eigenvalue weighted by molar-refractivity contribution is 7.89. The van der Waals surface area contributed by atoms with E-state index in [1.807, 2.05) is 6.92 Å². The van der Waals surface area contributed by atoms with Crippen molar-refractivity contribution in [2.24, 2.45) is 0 Å². The van der Waals surface area contributed by atoms with Crippen molar-refractivity contribution in [3.8, 4) is 0 Å². The van der Waals surface area contributed by atoms with Crippen LogP contribution in [0.5, 0.6) is 0 Å². The van der Waals surface area contributed by atoms with Crippen LogP contribution >= 0.6 is 0 Å². The maximum atomic E-state index is 12.7. The van der Waals surface area contributed by atoms with Crippen molar-refractivity contribution in [3.05, 3.63) is 29.8 Å². The van der Waals surface area contributed by atoms with Crippen LogP contribution in [0.15, 0.2) is 29.2 Å². The molecule has 1 unspecified atom stereocenters. The highest BCUT2D eigenvalue weighted by atomic mass is 32.2. The van der Waals surface area contributed by atoms with Crippen LogP contribution in [0, 0.1) is 0 Å². The average Bonchev–Trinajstić information content (AvgIpc) is 3.19. The summed E-state index contributed by atoms with van der Waals surface area (Å²) in [6.07, 6.45) is 2.03. The average molecular weight is 395 g/mol. The minimum absolute atomic E-state index is 0.0683. The van der Waals surface area contributed by atoms with Gasteiger partial charge in [0, 0.05) is 38.3 Å². The van der Waals surface area contributed by atoms with Gasteiger partial charge in [-0.05, 0) is 44.0 Å². The number of amides is 2. The number of sulfonamides is 1. The van der Waals surface area contributed by atoms with Crippen molar-refractivity contribution in [1.82, 2.24) is 14.5 Å². The number of benzene rings is 1. The van der Waals surface area contributed by atoms with Crippen molar-refractivity contribution < 1.29 is 22.7 Å². The number of carbonyl (C=O) groups excluding carboxylic acids is 2. The largest absolute Gasteiger partial charge is 0.376 e. The molecule has 2 fully saturated rings. The molecule has 8 nitrogen and oxygen atoms in total. The predicted octanol–water partition coefficient (Wildman–Crippen LogP) is 0.448. The third-order valence-corrected chi connectivity index (χ3v) is 6.72. The van der Waals surface area contributed by atoms with E-state index in [2.05, 4.69) is 5.32 Å². The second kappa shape index (κ2) is 8.37. The summed E-state index contributed by atoms with van der Waals surface area (Å²) in [5.41, 5.74) is 0.435. The minimum atomic E-state index is -3.75. The van der Waals surface area contributed by atoms with Gasteiger partial charge in [-0.1, -0.05) is 0 Å². The molecule has 0 saturated carbocycles. The molecule has 1 aromatic carbocycles. The van der Waals surface area contributed by atoms with Gasteiger partial charge < -0.3 is 15.0 Å². The summed E-state index contributed by atoms with van der Waals surface area (Å²) in [6.45, 7) is 4.08. The summed E-state index contributed by atoms with van der Waals surface area (Å²) >= 11 is 0. The summed E-state index contributed by atoms with van der Waals surface area (Å²) < 4.78 is 32.1. The molecule has 0 bridgehead atoms. The summed E-state index contributed by atoms with van der Waals surface area (Å²) in [5, 5.41) is 2.60. The van der Waals surface area contributed by atoms with Gasteiger partial charge in [-0.3, -0.25) is 9.59 Å². The Balaban J connectivity index is 1.71. The number of nitrogens with zero attached hydrogens (tertiary/aromatic N) is 2. The van der Waals surface area contributed by atoms with E-state index in [9.17, 15) is 18.0 Å². The van der Waals surface area contributed by atoms with Crippen LogP contribution in [0.25, 0.3) is 0 Å². The highest BCUT2D eigenvalue weighted by Gasteiger charge is 2.29. The molecule has 0 aliphatic carbocycles. The maximum absolute atomic E-state index is 12.7. The Morgan fingerprint density at radius 2 is 2.07 bits per heavy atom. The molecule has 1 aromatic rings. The van der Waals surface area contributed by atoms with Crippen LogP contribution in [0.3, 0.4) is 0 Å². The normalized spacial score (nSPS) is 21.1. The zero-order chi connectivity index (χ0) is 19.4. The van der Waals surface area contributed by atoms with Crippen molar-refractivity contribution in [1.29, 1.82) is 0 Å². The van der Waals surface area contributed by atoms with Crippen molar-refractivity contribution in [2.75, 3.05) is 39.3 Å². The zero-order valence-electron chi connectivity index (χ0n) is 15.4. The molecule has 1 atom stereocenters. The number of likely N-dealkylation sites (N-methyl/N-ethyl adjacent to an activating group) is 1. The van der Waals surface area contributed by atoms with E-state index in [0.717, 1.165) is 23.8 Å². The fraction of sp³-hybridized carbons (Fsp3) is 0.556. The molecular formula is C18H25N3O5S. The number of ether oxygens (including phenoxy) is 1. The fourth-order valence-corrected chi connectivity index (χ4v) is 4.71. The molecule has 2 heterocycles. The van der Waals surface area contributed by atoms with Gasteiger partial charge in [0.05, 0.1) is 17.5 Å². The second-order valence-corrected chi connectivity index (χ2v) is 8.63. The molecule has 9 heteroatoms. The van der Waals surface area contributed by atoms with Crippen LogP contribution in [-0.4, -0.2) is 74.9 Å². The monoisotopic (exact) mass is 395 g/mol. The molecule has 0 aromatic heterocycles. The van der Waals surface area contributed by atoms with E-state index in [1.54, 1.807) is 4.90 Å². The van der Waals surface area contributed by atoms with Crippen LogP contribution < -0.4 is 5.32 Å². The van der Waals surface area contributed by atoms with E-state index < -0.39 is 10.0 Å². The molecular weight excluding hydrogens is 370 g/mol. The van der Waals surface area contributed by atoms with Crippen molar-refractivity contribution in [3.63, 3.8) is 0 Å². The van der Waals surface area contributed by atoms with Crippen LogP contribution in [0.4, 0.5) is 0 Å². The number of hydrogen-bond acceptors (Lipinski definition) is 5. The van der Waals surface area contributed by atoms with Crippen molar-refractivity contribution in [2.45, 2.75) is 30.8 Å². The standard InChI is InChI=1S/C18H25N3O5S/c1-2-20(12-15-4-3-11-26-15)18(23)14-5-7-16(8-6-14)27(24,25)21-10-9-19-17(22)13-21/h5-8,15H,2-4,9-13H2,1H3,(H,19,22). The minimum Gasteiger partial charge on any atom is -0.376 e. The molecule has 27 heavy (non-hydrogen) atoms. The number of nitrogens with one attached hydrogen (secondary N) is 1. The summed E-state index contributed by atoms with van der Waals surface area (Å²) in [7, 11) is -3.75. The van der Waals surface area contributed by atoms with E-state index in [0.29, 0.717) is 25.2 Å². The van der Waals surface area contributed by atoms with E-state index in [-0.39, 0.29) is 35.9 Å². The Kier molecular flexibility index (Phi) is 6.13. The molecule has 1 N–H and O–H groups in total. The fourth-order valence-electron chi connectivity index (χ4n) is 3.31. The summed E-state index contributed by atoms with van der Waals surface area (Å²) in [4.78, 5) is 26.0. The summed E-state index contributed by atoms with van der Waals surface area (Å²) in [6, 6.07) is 5.90. The molecule has 2 aliphatic heterocycles. The van der Waals surface area contributed by atoms with Gasteiger partial charge in [0.15, 0.2) is 0 Å². The number of rotatable bonds is 6. The number of hydrogen-bond donors (Lipinski definition) is 1. The third kappa shape index (κ3) is 4.48. The highest BCUT2D eigenvalue weighted by Crippen LogP contribution is 2.19. The van der Waals surface area contributed by atoms with Gasteiger partial charge in [-0.2, -0.15) is 4.31 Å². The first kappa shape index (κ1) is 19.8. The van der Waals surface area contributed by atoms with E-state index >= 15 is 0 Å². The first-order valence-corrected chi connectivity index (χ1v) is 10.6. The summed E-state index contributed by atoms with van der Waals surface area (Å²) in [5.74, 6) is -0.460. The van der Waals surface area contributed by atoms with Gasteiger partial charge >= 0.3 is 0 Å². The molecule has 3 rings (SSSR count). The quantitative estimate of drug-likeness (QED) is 0.754. The van der Waals surface area contributed by atoms with Gasteiger partial charge in [0.25, 0.3) is 5.91 Å². The predicted molar refractivity (Wildman–Crippen MR) is 98.8 cm³/mol. The maximum Gasteiger partial charge on any atom is 0.253 e. The first-order valence-electron chi connectivity index (χ1n) is 9.19. The van der Waals surface area contributed by atoms with Gasteiger partial charge in [0.2, 0.25) is 15.9 Å². The van der Waals surface area contributed by atoms with Crippen molar-refractivity contribution >= 4 is 21.8 Å². The molecule has 2 saturated heterocycles. The number of piperazine rings is 1. The molecule has 148 valence electrons. The number of carbonyl (C=O) groups is 2. The molecule has 2 aliphatic rings. The Morgan fingerprint density at radius 3 is 2.67 bits per heavy atom. The lowest BCUT2D eigenvalue weighted by Gasteiger charge is -2.26. The Labute approximate surface area is 159 Å². The molecule has 2 amide bonds. The lowest BCUT2D eigenvalue weighted by atomic mass is 10.1. The SMILES string of the molecule is CCN(CC1CCCO1)C(=O)c1ccc(S(=O)(=O)N2CCNC(=O)C2)cc1. The Morgan fingerprint density at radius 1 is 1.33 bits per heavy atom. The van der Waals surface area contributed by atoms with Crippen LogP contribution in [-0.2, 0) is 19.6 Å². The van der Waals surface area contributed by atoms with Gasteiger partial charge in [-0.15, -0.1) is 0 Å². The zero-order valence-corrected chi connectivity index (χ0v) is 16.2. The topological polar surface area (TPSA) is 96.0 Å². The smallest absolute Gasteiger partial charge is 0.253 e. The van der Waals surface area contributed by atoms with E-state index in [4.69, 9.17) is 4.74 Å². The van der Waals surface area contributed by atoms with Gasteiger partial charge in [-0.25, -0.2) is 8.42 Å². The lowest BCUT2D eigenvalue weighted by Crippen LogP contribution is -2.49. The van der Waals surface area contributed by atoms with Gasteiger partial charge in [0.1, 0.15) is 0 Å². The Hall–Kier alpha value is -1.97. The Bertz CT molecular complexity index is 788. The van der Waals surface area contributed by atoms with Crippen LogP contribution in [0.1, 0.15) is 30.1 Å². The lowest BCUT2D eigenvalue weighted by molar-refractivity contribution is -0.122. The first-order chi connectivity index (χ1) is 12.9. The third-order valence-electron chi connectivity index (χ3n) is 4.86. The van der Waals surface area contributed by atoms with Crippen LogP contribution in [0.2, 0.25) is 0 Å². The second-order valence-electron chi connectivity index (χ2n) is 6.69. The van der Waals surface area contributed by atoms with E-state index in [1.165, 1.54) is 24.3 Å². The molecule has 0 spiro atoms.